The number of aliphatic carboxylic acids is 1. The van der Waals surface area contributed by atoms with Gasteiger partial charge < -0.3 is 80.2 Å². The number of hydrogen-bond acceptors (Lipinski definition) is 16. The molecule has 0 saturated carbocycles. The molecular formula is C46H69N11O14S. The number of carbonyl (C=O) groups excluding carboxylic acids is 9. The molecule has 25 nitrogen and oxygen atoms in total. The van der Waals surface area contributed by atoms with Crippen LogP contribution in [0, 0.1) is 0 Å². The van der Waals surface area contributed by atoms with Crippen LogP contribution < -0.4 is 59.7 Å². The summed E-state index contributed by atoms with van der Waals surface area (Å²) < 4.78 is 0. The van der Waals surface area contributed by atoms with Crippen molar-refractivity contribution in [1.82, 2.24) is 42.5 Å². The highest BCUT2D eigenvalue weighted by molar-refractivity contribution is 7.98. The molecule has 398 valence electrons. The molecule has 0 aliphatic heterocycles. The summed E-state index contributed by atoms with van der Waals surface area (Å²) in [7, 11) is 0. The molecule has 2 aromatic carbocycles. The Kier molecular flexibility index (Phi) is 27.4. The molecule has 9 atom stereocenters. The van der Waals surface area contributed by atoms with Crippen molar-refractivity contribution in [2.75, 3.05) is 31.7 Å². The number of nitrogens with two attached hydrogens (primary N) is 3. The van der Waals surface area contributed by atoms with Crippen molar-refractivity contribution in [2.45, 2.75) is 120 Å². The molecule has 0 bridgehead atoms. The Morgan fingerprint density at radius 2 is 1.18 bits per heavy atom. The van der Waals surface area contributed by atoms with Gasteiger partial charge in [0.25, 0.3) is 0 Å². The number of aliphatic hydroxyl groups is 2. The van der Waals surface area contributed by atoms with E-state index >= 15 is 0 Å². The molecule has 0 spiro atoms. The number of aromatic hydroxyl groups is 1. The Morgan fingerprint density at radius 3 is 1.75 bits per heavy atom. The van der Waals surface area contributed by atoms with E-state index in [1.165, 1.54) is 30.8 Å². The molecular weight excluding hydrogens is 963 g/mol. The van der Waals surface area contributed by atoms with Gasteiger partial charge in [-0.1, -0.05) is 42.5 Å². The molecule has 0 saturated heterocycles. The Bertz CT molecular complexity index is 2140. The summed E-state index contributed by atoms with van der Waals surface area (Å²) >= 11 is 1.31. The Balaban J connectivity index is 2.19. The number of carboxylic acid groups (broad SMARTS) is 1. The molecule has 18 N–H and O–H groups in total. The summed E-state index contributed by atoms with van der Waals surface area (Å²) in [5, 5.41) is 59.0. The van der Waals surface area contributed by atoms with Gasteiger partial charge >= 0.3 is 5.97 Å². The van der Waals surface area contributed by atoms with Gasteiger partial charge in [-0.15, -0.1) is 0 Å². The van der Waals surface area contributed by atoms with E-state index in [1.807, 2.05) is 0 Å². The quantitative estimate of drug-likeness (QED) is 0.0300. The van der Waals surface area contributed by atoms with Crippen molar-refractivity contribution in [1.29, 1.82) is 0 Å². The number of unbranched alkanes of at least 4 members (excludes halogenated alkanes) is 1. The number of thioether (sulfide) groups is 1. The maximum Gasteiger partial charge on any atom is 0.326 e. The van der Waals surface area contributed by atoms with E-state index in [9.17, 15) is 68.4 Å². The van der Waals surface area contributed by atoms with Gasteiger partial charge in [0.15, 0.2) is 0 Å². The molecule has 0 aliphatic carbocycles. The van der Waals surface area contributed by atoms with Crippen molar-refractivity contribution in [3.63, 3.8) is 0 Å². The summed E-state index contributed by atoms with van der Waals surface area (Å²) in [6.07, 6.45) is 0.0750. The predicted molar refractivity (Wildman–Crippen MR) is 263 cm³/mol. The van der Waals surface area contributed by atoms with Crippen LogP contribution in [-0.4, -0.2) is 166 Å². The van der Waals surface area contributed by atoms with E-state index in [0.29, 0.717) is 29.7 Å². The topological polar surface area (TPSA) is 426 Å². The van der Waals surface area contributed by atoms with Gasteiger partial charge in [-0.05, 0) is 94.2 Å². The average Bonchev–Trinajstić information content (AvgIpc) is 3.33. The van der Waals surface area contributed by atoms with E-state index in [-0.39, 0.29) is 38.0 Å². The highest BCUT2D eigenvalue weighted by Crippen LogP contribution is 2.12. The van der Waals surface area contributed by atoms with Crippen LogP contribution in [0.1, 0.15) is 63.5 Å². The molecule has 72 heavy (non-hydrogen) atoms. The van der Waals surface area contributed by atoms with Crippen LogP contribution in [-0.2, 0) is 60.8 Å². The number of carbonyl (C=O) groups is 10. The van der Waals surface area contributed by atoms with E-state index in [0.717, 1.165) is 6.92 Å². The molecule has 2 aromatic rings. The first-order valence-corrected chi connectivity index (χ1v) is 24.5. The van der Waals surface area contributed by atoms with E-state index < -0.39 is 140 Å². The third-order valence-electron chi connectivity index (χ3n) is 10.8. The average molecular weight is 1030 g/mol. The Hall–Kier alpha value is -6.87. The Labute approximate surface area is 420 Å². The lowest BCUT2D eigenvalue weighted by Gasteiger charge is -2.28. The number of carboxylic acids is 1. The summed E-state index contributed by atoms with van der Waals surface area (Å²) in [6, 6.07) is 3.10. The van der Waals surface area contributed by atoms with Gasteiger partial charge in [-0.3, -0.25) is 43.2 Å². The van der Waals surface area contributed by atoms with Crippen LogP contribution >= 0.6 is 11.8 Å². The second-order valence-electron chi connectivity index (χ2n) is 16.8. The molecule has 2 rings (SSSR count). The number of hydrogen-bond donors (Lipinski definition) is 15. The van der Waals surface area contributed by atoms with E-state index in [1.54, 1.807) is 48.7 Å². The number of primary amides is 1. The smallest absolute Gasteiger partial charge is 0.326 e. The first-order chi connectivity index (χ1) is 34.1. The third kappa shape index (κ3) is 22.5. The largest absolute Gasteiger partial charge is 0.508 e. The lowest BCUT2D eigenvalue weighted by molar-refractivity contribution is -0.142. The van der Waals surface area contributed by atoms with Crippen molar-refractivity contribution in [3.05, 3.63) is 65.7 Å². The van der Waals surface area contributed by atoms with Crippen molar-refractivity contribution in [3.8, 4) is 5.75 Å². The van der Waals surface area contributed by atoms with Crippen molar-refractivity contribution >= 4 is 70.9 Å². The maximum atomic E-state index is 14.0. The van der Waals surface area contributed by atoms with Gasteiger partial charge in [-0.25, -0.2) is 4.79 Å². The zero-order valence-corrected chi connectivity index (χ0v) is 41.2. The second kappa shape index (κ2) is 32.2. The second-order valence-corrected chi connectivity index (χ2v) is 17.8. The maximum absolute atomic E-state index is 14.0. The Morgan fingerprint density at radius 1 is 0.625 bits per heavy atom. The summed E-state index contributed by atoms with van der Waals surface area (Å²) in [4.78, 5) is 130. The minimum absolute atomic E-state index is 0.00303. The van der Waals surface area contributed by atoms with Gasteiger partial charge in [0.05, 0.1) is 25.3 Å². The van der Waals surface area contributed by atoms with Gasteiger partial charge in [-0.2, -0.15) is 11.8 Å². The number of aliphatic hydroxyl groups excluding tert-OH is 2. The van der Waals surface area contributed by atoms with Gasteiger partial charge in [0.1, 0.15) is 48.0 Å². The van der Waals surface area contributed by atoms with Crippen LogP contribution in [0.15, 0.2) is 54.6 Å². The van der Waals surface area contributed by atoms with Crippen LogP contribution in [0.25, 0.3) is 0 Å². The van der Waals surface area contributed by atoms with E-state index in [2.05, 4.69) is 42.5 Å². The lowest BCUT2D eigenvalue weighted by atomic mass is 10.0. The highest BCUT2D eigenvalue weighted by atomic mass is 32.2. The molecule has 0 radical (unpaired) electrons. The fourth-order valence-electron chi connectivity index (χ4n) is 6.73. The zero-order chi connectivity index (χ0) is 53.9. The third-order valence-corrected chi connectivity index (χ3v) is 11.5. The normalized spacial score (nSPS) is 14.7. The lowest BCUT2D eigenvalue weighted by Crippen LogP contribution is -2.62. The summed E-state index contributed by atoms with van der Waals surface area (Å²) in [5.74, 6) is -9.29. The molecule has 0 aromatic heterocycles. The van der Waals surface area contributed by atoms with E-state index in [4.69, 9.17) is 17.2 Å². The van der Waals surface area contributed by atoms with Crippen LogP contribution in [0.5, 0.6) is 5.75 Å². The number of benzene rings is 2. The number of phenolic OH excluding ortho intramolecular Hbond substituents is 1. The van der Waals surface area contributed by atoms with Crippen LogP contribution in [0.3, 0.4) is 0 Å². The van der Waals surface area contributed by atoms with Crippen LogP contribution in [0.4, 0.5) is 0 Å². The number of nitrogens with one attached hydrogen (secondary N) is 8. The van der Waals surface area contributed by atoms with Crippen molar-refractivity contribution in [2.24, 2.45) is 17.2 Å². The summed E-state index contributed by atoms with van der Waals surface area (Å²) in [6.45, 7) is 1.08. The zero-order valence-electron chi connectivity index (χ0n) is 40.4. The summed E-state index contributed by atoms with van der Waals surface area (Å²) in [5.41, 5.74) is 18.0. The molecule has 0 unspecified atom stereocenters. The fourth-order valence-corrected chi connectivity index (χ4v) is 7.20. The van der Waals surface area contributed by atoms with Crippen LogP contribution in [0.2, 0.25) is 0 Å². The first kappa shape index (κ1) is 61.3. The van der Waals surface area contributed by atoms with Gasteiger partial charge in [0.2, 0.25) is 53.2 Å². The number of amides is 9. The monoisotopic (exact) mass is 1030 g/mol. The minimum atomic E-state index is -1.82. The molecule has 0 heterocycles. The SMILES string of the molecule is CSCC[C@H](NC(=O)[C@H](Cc1ccccc1)NC(=O)CNC(=O)[C@@H](C)NC(=O)[C@@H](N)Cc1ccc(O)cc1)C(=O)N[C@H](C(=O)N[C@@H](CO)C(=O)N[C@@H](CCC(N)=O)C(=O)N[C@@H](CCCCN)C(=O)O)[C@@H](C)O. The number of rotatable bonds is 33. The molecule has 26 heteroatoms. The minimum Gasteiger partial charge on any atom is -0.508 e. The molecule has 0 aliphatic rings. The van der Waals surface area contributed by atoms with Crippen molar-refractivity contribution < 1.29 is 68.4 Å². The predicted octanol–water partition coefficient (Wildman–Crippen LogP) is -4.36. The van der Waals surface area contributed by atoms with Gasteiger partial charge in [0, 0.05) is 12.8 Å². The first-order valence-electron chi connectivity index (χ1n) is 23.1. The highest BCUT2D eigenvalue weighted by Gasteiger charge is 2.35. The standard InChI is InChI=1S/C46H69N11O14S/c1-25(51-40(64)30(48)21-28-12-14-29(60)15-13-28)39(63)50-23-37(62)52-34(22-27-9-5-4-6-10-27)43(67)54-32(18-20-72-3)42(66)57-38(26(2)59)45(69)56-35(24-58)44(68)53-31(16-17-36(49)61)41(65)55-33(46(70)71)11-7-8-19-47/h4-6,9-10,12-15,25-26,30-35,38,58-60H,7-8,11,16-24,47-48H2,1-3H3,(H2,49,61)(H,50,63)(H,51,64)(H,52,62)(H,53,68)(H,54,67)(H,55,65)(H,56,69)(H,57,66)(H,70,71)/t25-,26-,30+,31+,32+,33+,34+,35+,38+/m1/s1. The fraction of sp³-hybridized carbons (Fsp3) is 0.522. The molecule has 0 fully saturated rings. The number of phenols is 1. The molecule has 9 amide bonds.